The summed E-state index contributed by atoms with van der Waals surface area (Å²) < 4.78 is 0. The standard InChI is InChI=1S/C13H23N3S/c1-5-11(4)17-9-13-14-7-6-12(16-13)8-15-10(2)3/h6-7,10-11,15H,5,8-9H2,1-4H3. The van der Waals surface area contributed by atoms with Gasteiger partial charge in [0.2, 0.25) is 0 Å². The van der Waals surface area contributed by atoms with Crippen molar-refractivity contribution in [3.8, 4) is 0 Å². The molecule has 0 radical (unpaired) electrons. The van der Waals surface area contributed by atoms with Gasteiger partial charge in [0, 0.05) is 24.0 Å². The lowest BCUT2D eigenvalue weighted by molar-refractivity contribution is 0.579. The molecule has 0 saturated carbocycles. The maximum atomic E-state index is 4.56. The van der Waals surface area contributed by atoms with E-state index < -0.39 is 0 Å². The van der Waals surface area contributed by atoms with Crippen LogP contribution in [0.4, 0.5) is 0 Å². The van der Waals surface area contributed by atoms with Crippen molar-refractivity contribution in [2.75, 3.05) is 0 Å². The van der Waals surface area contributed by atoms with Crippen molar-refractivity contribution in [2.24, 2.45) is 0 Å². The van der Waals surface area contributed by atoms with Gasteiger partial charge < -0.3 is 5.32 Å². The fraction of sp³-hybridized carbons (Fsp3) is 0.692. The van der Waals surface area contributed by atoms with Crippen LogP contribution in [-0.4, -0.2) is 21.3 Å². The maximum absolute atomic E-state index is 4.56. The summed E-state index contributed by atoms with van der Waals surface area (Å²) in [6, 6.07) is 2.47. The van der Waals surface area contributed by atoms with Crippen LogP contribution < -0.4 is 5.32 Å². The Morgan fingerprint density at radius 2 is 2.12 bits per heavy atom. The van der Waals surface area contributed by atoms with Crippen LogP contribution in [0.5, 0.6) is 0 Å². The summed E-state index contributed by atoms with van der Waals surface area (Å²) in [6.07, 6.45) is 3.05. The Balaban J connectivity index is 2.47. The highest BCUT2D eigenvalue weighted by molar-refractivity contribution is 7.99. The van der Waals surface area contributed by atoms with Gasteiger partial charge in [-0.05, 0) is 12.5 Å². The minimum absolute atomic E-state index is 0.489. The van der Waals surface area contributed by atoms with Gasteiger partial charge in [0.25, 0.3) is 0 Å². The predicted molar refractivity (Wildman–Crippen MR) is 75.1 cm³/mol. The molecule has 0 amide bonds. The third-order valence-corrected chi connectivity index (χ3v) is 3.85. The zero-order chi connectivity index (χ0) is 12.7. The summed E-state index contributed by atoms with van der Waals surface area (Å²) >= 11 is 1.92. The average molecular weight is 253 g/mol. The largest absolute Gasteiger partial charge is 0.309 e. The molecule has 1 heterocycles. The quantitative estimate of drug-likeness (QED) is 0.810. The number of nitrogens with one attached hydrogen (secondary N) is 1. The zero-order valence-electron chi connectivity index (χ0n) is 11.2. The highest BCUT2D eigenvalue weighted by Gasteiger charge is 2.04. The van der Waals surface area contributed by atoms with Crippen LogP contribution in [0.1, 0.15) is 45.6 Å². The first-order valence-electron chi connectivity index (χ1n) is 6.27. The lowest BCUT2D eigenvalue weighted by Crippen LogP contribution is -2.22. The van der Waals surface area contributed by atoms with Gasteiger partial charge in [-0.3, -0.25) is 0 Å². The number of thioether (sulfide) groups is 1. The second-order valence-corrected chi connectivity index (χ2v) is 5.96. The number of hydrogen-bond acceptors (Lipinski definition) is 4. The van der Waals surface area contributed by atoms with E-state index >= 15 is 0 Å². The zero-order valence-corrected chi connectivity index (χ0v) is 12.0. The van der Waals surface area contributed by atoms with Crippen LogP contribution in [0.3, 0.4) is 0 Å². The van der Waals surface area contributed by atoms with E-state index in [1.54, 1.807) is 0 Å². The summed E-state index contributed by atoms with van der Waals surface area (Å²) in [7, 11) is 0. The third-order valence-electron chi connectivity index (χ3n) is 2.53. The van der Waals surface area contributed by atoms with Crippen molar-refractivity contribution in [2.45, 2.75) is 57.7 Å². The molecule has 0 aliphatic carbocycles. The molecule has 0 aliphatic rings. The van der Waals surface area contributed by atoms with E-state index in [1.165, 1.54) is 6.42 Å². The summed E-state index contributed by atoms with van der Waals surface area (Å²) in [5.74, 6) is 1.85. The Hall–Kier alpha value is -0.610. The number of aromatic nitrogens is 2. The normalized spacial score (nSPS) is 13.0. The van der Waals surface area contributed by atoms with Gasteiger partial charge in [-0.25, -0.2) is 9.97 Å². The van der Waals surface area contributed by atoms with E-state index in [9.17, 15) is 0 Å². The Morgan fingerprint density at radius 1 is 1.35 bits per heavy atom. The fourth-order valence-corrected chi connectivity index (χ4v) is 2.06. The molecule has 0 spiro atoms. The van der Waals surface area contributed by atoms with Crippen LogP contribution >= 0.6 is 11.8 Å². The van der Waals surface area contributed by atoms with Crippen molar-refractivity contribution < 1.29 is 0 Å². The van der Waals surface area contributed by atoms with E-state index in [-0.39, 0.29) is 0 Å². The lowest BCUT2D eigenvalue weighted by atomic mass is 10.3. The third kappa shape index (κ3) is 6.03. The van der Waals surface area contributed by atoms with Gasteiger partial charge in [-0.1, -0.05) is 27.7 Å². The maximum Gasteiger partial charge on any atom is 0.138 e. The van der Waals surface area contributed by atoms with Gasteiger partial charge in [0.15, 0.2) is 0 Å². The number of rotatable bonds is 7. The van der Waals surface area contributed by atoms with Crippen molar-refractivity contribution >= 4 is 11.8 Å². The highest BCUT2D eigenvalue weighted by atomic mass is 32.2. The molecule has 3 nitrogen and oxygen atoms in total. The molecule has 1 rings (SSSR count). The molecule has 1 aromatic rings. The molecule has 17 heavy (non-hydrogen) atoms. The molecule has 1 atom stereocenters. The fourth-order valence-electron chi connectivity index (χ4n) is 1.25. The second-order valence-electron chi connectivity index (χ2n) is 4.53. The molecule has 0 bridgehead atoms. The molecule has 4 heteroatoms. The topological polar surface area (TPSA) is 37.8 Å². The number of hydrogen-bond donors (Lipinski definition) is 1. The molecule has 0 fully saturated rings. The second kappa shape index (κ2) is 7.67. The van der Waals surface area contributed by atoms with Gasteiger partial charge in [0.05, 0.1) is 11.4 Å². The van der Waals surface area contributed by atoms with Crippen LogP contribution in [0.15, 0.2) is 12.3 Å². The molecule has 1 N–H and O–H groups in total. The molecule has 96 valence electrons. The van der Waals surface area contributed by atoms with E-state index in [0.717, 1.165) is 23.8 Å². The van der Waals surface area contributed by atoms with Crippen LogP contribution in [0, 0.1) is 0 Å². The molecule has 0 aromatic carbocycles. The molecule has 0 aliphatic heterocycles. The summed E-state index contributed by atoms with van der Waals surface area (Å²) in [5.41, 5.74) is 1.08. The summed E-state index contributed by atoms with van der Waals surface area (Å²) in [5, 5.41) is 4.04. The molecular weight excluding hydrogens is 230 g/mol. The highest BCUT2D eigenvalue weighted by Crippen LogP contribution is 2.17. The Morgan fingerprint density at radius 3 is 2.76 bits per heavy atom. The smallest absolute Gasteiger partial charge is 0.138 e. The first kappa shape index (κ1) is 14.5. The Labute approximate surface area is 109 Å². The van der Waals surface area contributed by atoms with Crippen LogP contribution in [0.2, 0.25) is 0 Å². The number of nitrogens with zero attached hydrogens (tertiary/aromatic N) is 2. The van der Waals surface area contributed by atoms with Crippen molar-refractivity contribution in [1.82, 2.24) is 15.3 Å². The Bertz CT molecular complexity index is 328. The van der Waals surface area contributed by atoms with Crippen LogP contribution in [0.25, 0.3) is 0 Å². The monoisotopic (exact) mass is 253 g/mol. The van der Waals surface area contributed by atoms with E-state index in [2.05, 4.69) is 43.0 Å². The summed E-state index contributed by atoms with van der Waals surface area (Å²) in [6.45, 7) is 9.55. The molecule has 1 unspecified atom stereocenters. The van der Waals surface area contributed by atoms with Gasteiger partial charge >= 0.3 is 0 Å². The molecule has 0 saturated heterocycles. The lowest BCUT2D eigenvalue weighted by Gasteiger charge is -2.09. The van der Waals surface area contributed by atoms with Gasteiger partial charge in [0.1, 0.15) is 5.82 Å². The predicted octanol–water partition coefficient (Wildman–Crippen LogP) is 3.01. The van der Waals surface area contributed by atoms with Crippen molar-refractivity contribution in [3.05, 3.63) is 23.8 Å². The van der Waals surface area contributed by atoms with Gasteiger partial charge in [-0.15, -0.1) is 0 Å². The molecule has 1 aromatic heterocycles. The minimum atomic E-state index is 0.489. The average Bonchev–Trinajstić information content (AvgIpc) is 2.34. The van der Waals surface area contributed by atoms with E-state index in [1.807, 2.05) is 24.0 Å². The minimum Gasteiger partial charge on any atom is -0.309 e. The SMILES string of the molecule is CCC(C)SCc1nccc(CNC(C)C)n1. The van der Waals surface area contributed by atoms with Crippen molar-refractivity contribution in [1.29, 1.82) is 0 Å². The first-order chi connectivity index (χ1) is 8.11. The molecular formula is C13H23N3S. The van der Waals surface area contributed by atoms with Crippen LogP contribution in [-0.2, 0) is 12.3 Å². The summed E-state index contributed by atoms with van der Waals surface area (Å²) in [4.78, 5) is 8.87. The van der Waals surface area contributed by atoms with E-state index in [4.69, 9.17) is 0 Å². The van der Waals surface area contributed by atoms with Gasteiger partial charge in [-0.2, -0.15) is 11.8 Å². The first-order valence-corrected chi connectivity index (χ1v) is 7.32. The van der Waals surface area contributed by atoms with E-state index in [0.29, 0.717) is 11.3 Å². The van der Waals surface area contributed by atoms with Crippen molar-refractivity contribution in [3.63, 3.8) is 0 Å². The Kier molecular flexibility index (Phi) is 6.52.